The maximum atomic E-state index is 12.9. The van der Waals surface area contributed by atoms with E-state index >= 15 is 0 Å². The molecule has 3 aromatic carbocycles. The van der Waals surface area contributed by atoms with E-state index in [2.05, 4.69) is 34.1 Å². The summed E-state index contributed by atoms with van der Waals surface area (Å²) < 4.78 is 17.3. The molecule has 2 amide bonds. The van der Waals surface area contributed by atoms with Crippen LogP contribution < -0.4 is 9.47 Å². The average molecular weight is 570 g/mol. The summed E-state index contributed by atoms with van der Waals surface area (Å²) in [6.45, 7) is 3.64. The number of ether oxygens (including phenoxy) is 3. The number of carbonyl (C=O) groups excluding carboxylic acids is 3. The van der Waals surface area contributed by atoms with Crippen molar-refractivity contribution >= 4 is 61.7 Å². The number of amides is 2. The highest BCUT2D eigenvalue weighted by molar-refractivity contribution is 9.10. The van der Waals surface area contributed by atoms with Gasteiger partial charge in [-0.15, -0.1) is 0 Å². The van der Waals surface area contributed by atoms with E-state index in [1.165, 1.54) is 14.0 Å². The summed E-state index contributed by atoms with van der Waals surface area (Å²) in [6.07, 6.45) is 1.59. The van der Waals surface area contributed by atoms with Gasteiger partial charge in [-0.05, 0) is 65.7 Å². The first-order valence-electron chi connectivity index (χ1n) is 11.2. The van der Waals surface area contributed by atoms with E-state index in [9.17, 15) is 14.4 Å². The Kier molecular flexibility index (Phi) is 8.01. The molecule has 0 bridgehead atoms. The van der Waals surface area contributed by atoms with E-state index < -0.39 is 23.2 Å². The predicted octanol–water partition coefficient (Wildman–Crippen LogP) is 6.18. The van der Waals surface area contributed by atoms with Gasteiger partial charge in [0.1, 0.15) is 12.6 Å². The Morgan fingerprint density at radius 1 is 1.11 bits per heavy atom. The second kappa shape index (κ2) is 11.2. The highest BCUT2D eigenvalue weighted by Gasteiger charge is 2.41. The molecule has 186 valence electrons. The van der Waals surface area contributed by atoms with Crippen molar-refractivity contribution in [2.75, 3.05) is 13.7 Å². The zero-order valence-electron chi connectivity index (χ0n) is 19.9. The van der Waals surface area contributed by atoms with Crippen molar-refractivity contribution in [1.29, 1.82) is 0 Å². The smallest absolute Gasteiger partial charge is 0.329 e. The molecule has 0 aliphatic carbocycles. The maximum Gasteiger partial charge on any atom is 0.329 e. The molecule has 3 aromatic rings. The Hall–Kier alpha value is -3.30. The van der Waals surface area contributed by atoms with Crippen molar-refractivity contribution in [1.82, 2.24) is 4.90 Å². The molecule has 0 spiro atoms. The molecule has 1 saturated heterocycles. The van der Waals surface area contributed by atoms with Gasteiger partial charge < -0.3 is 14.2 Å². The van der Waals surface area contributed by atoms with Crippen LogP contribution in [0, 0.1) is 0 Å². The number of methoxy groups -OCH3 is 1. The second-order valence-corrected chi connectivity index (χ2v) is 9.78. The number of nitrogens with zero attached hydrogens (tertiary/aromatic N) is 1. The summed E-state index contributed by atoms with van der Waals surface area (Å²) >= 11 is 4.31. The van der Waals surface area contributed by atoms with Crippen molar-refractivity contribution in [3.8, 4) is 11.5 Å². The summed E-state index contributed by atoms with van der Waals surface area (Å²) in [6, 6.07) is 16.7. The largest absolute Gasteiger partial charge is 0.493 e. The van der Waals surface area contributed by atoms with Gasteiger partial charge in [0.2, 0.25) is 0 Å². The number of hydrogen-bond donors (Lipinski definition) is 0. The quantitative estimate of drug-likeness (QED) is 0.236. The normalized spacial score (nSPS) is 15.4. The van der Waals surface area contributed by atoms with Crippen LogP contribution >= 0.6 is 27.7 Å². The number of benzene rings is 3. The van der Waals surface area contributed by atoms with Gasteiger partial charge >= 0.3 is 5.97 Å². The molecular weight excluding hydrogens is 546 g/mol. The van der Waals surface area contributed by atoms with Crippen molar-refractivity contribution < 1.29 is 28.6 Å². The average Bonchev–Trinajstić information content (AvgIpc) is 3.15. The lowest BCUT2D eigenvalue weighted by Gasteiger charge is -2.19. The third-order valence-electron chi connectivity index (χ3n) is 5.67. The van der Waals surface area contributed by atoms with Crippen molar-refractivity contribution in [3.05, 3.63) is 75.1 Å². The topological polar surface area (TPSA) is 82.1 Å². The molecule has 1 fully saturated rings. The number of carbonyl (C=O) groups is 3. The first-order chi connectivity index (χ1) is 17.3. The first-order valence-corrected chi connectivity index (χ1v) is 12.9. The summed E-state index contributed by atoms with van der Waals surface area (Å²) in [7, 11) is 1.53. The molecule has 7 nitrogen and oxygen atoms in total. The maximum absolute atomic E-state index is 12.9. The first kappa shape index (κ1) is 25.8. The fraction of sp³-hybridized carbons (Fsp3) is 0.222. The van der Waals surface area contributed by atoms with Gasteiger partial charge in [-0.1, -0.05) is 58.4 Å². The van der Waals surface area contributed by atoms with Crippen molar-refractivity contribution in [2.24, 2.45) is 0 Å². The molecule has 0 unspecified atom stereocenters. The lowest BCUT2D eigenvalue weighted by atomic mass is 10.1. The molecule has 1 aliphatic heterocycles. The summed E-state index contributed by atoms with van der Waals surface area (Å²) in [5.74, 6) is -0.174. The Labute approximate surface area is 221 Å². The third kappa shape index (κ3) is 5.27. The summed E-state index contributed by atoms with van der Waals surface area (Å²) in [5, 5.41) is 1.72. The minimum Gasteiger partial charge on any atom is -0.493 e. The predicted molar refractivity (Wildman–Crippen MR) is 143 cm³/mol. The molecule has 0 N–H and O–H groups in total. The van der Waals surface area contributed by atoms with E-state index in [1.54, 1.807) is 25.1 Å². The second-order valence-electron chi connectivity index (χ2n) is 7.93. The number of esters is 1. The number of rotatable bonds is 8. The van der Waals surface area contributed by atoms with Crippen LogP contribution in [-0.2, 0) is 20.9 Å². The Morgan fingerprint density at radius 2 is 1.86 bits per heavy atom. The van der Waals surface area contributed by atoms with Crippen LogP contribution in [0.1, 0.15) is 25.0 Å². The Balaban J connectivity index is 1.57. The molecule has 36 heavy (non-hydrogen) atoms. The Bertz CT molecular complexity index is 1370. The van der Waals surface area contributed by atoms with Crippen LogP contribution in [0.3, 0.4) is 0 Å². The third-order valence-corrected chi connectivity index (χ3v) is 7.24. The van der Waals surface area contributed by atoms with Gasteiger partial charge in [0.05, 0.1) is 18.6 Å². The lowest BCUT2D eigenvalue weighted by Crippen LogP contribution is -2.42. The molecule has 1 aliphatic rings. The molecule has 4 rings (SSSR count). The highest BCUT2D eigenvalue weighted by Crippen LogP contribution is 2.39. The molecule has 1 heterocycles. The molecule has 9 heteroatoms. The van der Waals surface area contributed by atoms with Gasteiger partial charge in [0.25, 0.3) is 11.1 Å². The number of imide groups is 1. The van der Waals surface area contributed by atoms with E-state index in [0.717, 1.165) is 33.0 Å². The minimum absolute atomic E-state index is 0.164. The molecule has 0 aromatic heterocycles. The van der Waals surface area contributed by atoms with Gasteiger partial charge in [0, 0.05) is 4.47 Å². The van der Waals surface area contributed by atoms with Crippen LogP contribution in [0.5, 0.6) is 11.5 Å². The number of fused-ring (bicyclic) bond motifs is 1. The van der Waals surface area contributed by atoms with E-state index in [1.807, 2.05) is 24.3 Å². The monoisotopic (exact) mass is 569 g/mol. The van der Waals surface area contributed by atoms with Gasteiger partial charge in [-0.2, -0.15) is 0 Å². The van der Waals surface area contributed by atoms with Crippen LogP contribution in [0.2, 0.25) is 0 Å². The van der Waals surface area contributed by atoms with E-state index in [-0.39, 0.29) is 11.5 Å². The zero-order chi connectivity index (χ0) is 25.8. The van der Waals surface area contributed by atoms with Crippen LogP contribution in [-0.4, -0.2) is 41.8 Å². The van der Waals surface area contributed by atoms with Gasteiger partial charge in [0.15, 0.2) is 11.5 Å². The van der Waals surface area contributed by atoms with Crippen LogP contribution in [0.25, 0.3) is 16.8 Å². The van der Waals surface area contributed by atoms with Crippen molar-refractivity contribution in [3.63, 3.8) is 0 Å². The molecule has 0 saturated carbocycles. The number of hydrogen-bond acceptors (Lipinski definition) is 7. The zero-order valence-corrected chi connectivity index (χ0v) is 22.4. The fourth-order valence-electron chi connectivity index (χ4n) is 3.83. The van der Waals surface area contributed by atoms with Gasteiger partial charge in [-0.25, -0.2) is 4.79 Å². The summed E-state index contributed by atoms with van der Waals surface area (Å²) in [5.41, 5.74) is 1.67. The fourth-order valence-corrected chi connectivity index (χ4v) is 5.17. The Morgan fingerprint density at radius 3 is 2.61 bits per heavy atom. The van der Waals surface area contributed by atoms with Crippen molar-refractivity contribution in [2.45, 2.75) is 26.5 Å². The van der Waals surface area contributed by atoms with Crippen LogP contribution in [0.4, 0.5) is 4.79 Å². The highest BCUT2D eigenvalue weighted by atomic mass is 79.9. The lowest BCUT2D eigenvalue weighted by molar-refractivity contribution is -0.150. The number of halogens is 1. The minimum atomic E-state index is -1.01. The molecular formula is C27H24BrNO6S. The number of thioether (sulfide) groups is 1. The molecule has 0 radical (unpaired) electrons. The van der Waals surface area contributed by atoms with Gasteiger partial charge in [-0.3, -0.25) is 14.5 Å². The van der Waals surface area contributed by atoms with E-state index in [0.29, 0.717) is 28.1 Å². The SMILES string of the molecule is CCOC(=O)[C@@H](C)N1C(=O)S/C(=C\c2cc(OC)c(OCc3cccc4ccccc34)cc2Br)C1=O. The van der Waals surface area contributed by atoms with Crippen LogP contribution in [0.15, 0.2) is 64.0 Å². The standard InChI is InChI=1S/C27H24BrNO6S/c1-4-34-26(31)16(2)29-25(30)24(36-27(29)32)13-19-12-22(33-3)23(14-21(19)28)35-15-18-10-7-9-17-8-5-6-11-20(17)18/h5-14,16H,4,15H2,1-3H3/b24-13-/t16-/m1/s1. The van der Waals surface area contributed by atoms with E-state index in [4.69, 9.17) is 14.2 Å². The summed E-state index contributed by atoms with van der Waals surface area (Å²) in [4.78, 5) is 38.6. The molecule has 1 atom stereocenters.